The fourth-order valence-electron chi connectivity index (χ4n) is 3.10. The standard InChI is InChI=1S/C20H32N2O2/c1-15(2)17-10-6-7-11-18(17)21-16-9-8-13-22(14-12-16)19(23)24-20(3,4)5/h6-7,10-11,15-16,21H,8-9,12-14H2,1-5H3. The van der Waals surface area contributed by atoms with Crippen molar-refractivity contribution in [2.24, 2.45) is 0 Å². The summed E-state index contributed by atoms with van der Waals surface area (Å²) in [5.41, 5.74) is 2.14. The van der Waals surface area contributed by atoms with Gasteiger partial charge in [-0.2, -0.15) is 0 Å². The van der Waals surface area contributed by atoms with Crippen LogP contribution >= 0.6 is 0 Å². The number of likely N-dealkylation sites (tertiary alicyclic amines) is 1. The summed E-state index contributed by atoms with van der Waals surface area (Å²) >= 11 is 0. The molecule has 1 aromatic rings. The topological polar surface area (TPSA) is 41.6 Å². The summed E-state index contributed by atoms with van der Waals surface area (Å²) in [6, 6.07) is 8.93. The Bertz CT molecular complexity index is 549. The van der Waals surface area contributed by atoms with Crippen LogP contribution in [0.15, 0.2) is 24.3 Å². The Hall–Kier alpha value is -1.71. The quantitative estimate of drug-likeness (QED) is 0.846. The van der Waals surface area contributed by atoms with Crippen molar-refractivity contribution in [2.45, 2.75) is 71.4 Å². The van der Waals surface area contributed by atoms with E-state index in [2.05, 4.69) is 43.4 Å². The summed E-state index contributed by atoms with van der Waals surface area (Å²) in [5.74, 6) is 0.498. The van der Waals surface area contributed by atoms with E-state index in [4.69, 9.17) is 4.74 Å². The number of nitrogens with one attached hydrogen (secondary N) is 1. The van der Waals surface area contributed by atoms with Crippen molar-refractivity contribution in [1.29, 1.82) is 0 Å². The molecule has 1 unspecified atom stereocenters. The zero-order valence-electron chi connectivity index (χ0n) is 15.8. The first kappa shape index (κ1) is 18.6. The number of nitrogens with zero attached hydrogens (tertiary/aromatic N) is 1. The zero-order valence-corrected chi connectivity index (χ0v) is 15.8. The van der Waals surface area contributed by atoms with Gasteiger partial charge >= 0.3 is 6.09 Å². The van der Waals surface area contributed by atoms with Gasteiger partial charge in [-0.05, 0) is 57.6 Å². The van der Waals surface area contributed by atoms with Gasteiger partial charge < -0.3 is 15.0 Å². The lowest BCUT2D eigenvalue weighted by atomic mass is 10.00. The Balaban J connectivity index is 1.95. The highest BCUT2D eigenvalue weighted by molar-refractivity contribution is 5.68. The van der Waals surface area contributed by atoms with E-state index in [9.17, 15) is 4.79 Å². The zero-order chi connectivity index (χ0) is 17.7. The number of hydrogen-bond acceptors (Lipinski definition) is 3. The molecule has 0 radical (unpaired) electrons. The Morgan fingerprint density at radius 1 is 1.21 bits per heavy atom. The van der Waals surface area contributed by atoms with E-state index in [1.807, 2.05) is 25.7 Å². The highest BCUT2D eigenvalue weighted by atomic mass is 16.6. The number of rotatable bonds is 3. The predicted octanol–water partition coefficient (Wildman–Crippen LogP) is 5.01. The largest absolute Gasteiger partial charge is 0.444 e. The molecule has 4 nitrogen and oxygen atoms in total. The van der Waals surface area contributed by atoms with Crippen LogP contribution in [0.3, 0.4) is 0 Å². The first-order valence-electron chi connectivity index (χ1n) is 9.09. The molecule has 24 heavy (non-hydrogen) atoms. The average molecular weight is 332 g/mol. The van der Waals surface area contributed by atoms with Gasteiger partial charge in [-0.1, -0.05) is 32.0 Å². The summed E-state index contributed by atoms with van der Waals surface area (Å²) in [7, 11) is 0. The van der Waals surface area contributed by atoms with Crippen LogP contribution < -0.4 is 5.32 Å². The van der Waals surface area contributed by atoms with Crippen molar-refractivity contribution in [3.8, 4) is 0 Å². The van der Waals surface area contributed by atoms with E-state index in [1.165, 1.54) is 11.3 Å². The highest BCUT2D eigenvalue weighted by Crippen LogP contribution is 2.26. The SMILES string of the molecule is CC(C)c1ccccc1NC1CCCN(C(=O)OC(C)(C)C)CC1. The molecule has 134 valence electrons. The lowest BCUT2D eigenvalue weighted by Gasteiger charge is -2.26. The summed E-state index contributed by atoms with van der Waals surface area (Å²) in [5, 5.41) is 3.70. The average Bonchev–Trinajstić information content (AvgIpc) is 2.71. The number of ether oxygens (including phenoxy) is 1. The van der Waals surface area contributed by atoms with Crippen LogP contribution in [0.25, 0.3) is 0 Å². The normalized spacial score (nSPS) is 19.1. The van der Waals surface area contributed by atoms with E-state index >= 15 is 0 Å². The molecule has 0 aromatic heterocycles. The summed E-state index contributed by atoms with van der Waals surface area (Å²) in [6.07, 6.45) is 2.84. The Labute approximate surface area is 146 Å². The molecule has 1 aromatic carbocycles. The van der Waals surface area contributed by atoms with Crippen molar-refractivity contribution in [3.05, 3.63) is 29.8 Å². The molecule has 4 heteroatoms. The third-order valence-corrected chi connectivity index (χ3v) is 4.32. The van der Waals surface area contributed by atoms with Crippen LogP contribution in [0, 0.1) is 0 Å². The maximum atomic E-state index is 12.3. The second kappa shape index (κ2) is 7.91. The minimum Gasteiger partial charge on any atom is -0.444 e. The van der Waals surface area contributed by atoms with Gasteiger partial charge in [-0.25, -0.2) is 4.79 Å². The van der Waals surface area contributed by atoms with Crippen molar-refractivity contribution in [3.63, 3.8) is 0 Å². The van der Waals surface area contributed by atoms with Crippen molar-refractivity contribution in [2.75, 3.05) is 18.4 Å². The van der Waals surface area contributed by atoms with Crippen LogP contribution in [0.2, 0.25) is 0 Å². The molecule has 0 aliphatic carbocycles. The molecule has 0 bridgehead atoms. The van der Waals surface area contributed by atoms with Gasteiger partial charge in [0.25, 0.3) is 0 Å². The maximum absolute atomic E-state index is 12.3. The molecule has 0 spiro atoms. The van der Waals surface area contributed by atoms with Crippen molar-refractivity contribution >= 4 is 11.8 Å². The summed E-state index contributed by atoms with van der Waals surface area (Å²) in [6.45, 7) is 11.7. The van der Waals surface area contributed by atoms with Gasteiger partial charge in [0.1, 0.15) is 5.60 Å². The number of carbonyl (C=O) groups is 1. The Morgan fingerprint density at radius 3 is 2.58 bits per heavy atom. The van der Waals surface area contributed by atoms with Crippen LogP contribution in [0.5, 0.6) is 0 Å². The van der Waals surface area contributed by atoms with Gasteiger partial charge in [0, 0.05) is 24.8 Å². The molecule has 1 amide bonds. The van der Waals surface area contributed by atoms with E-state index < -0.39 is 5.60 Å². The van der Waals surface area contributed by atoms with Gasteiger partial charge in [-0.3, -0.25) is 0 Å². The molecule has 1 aliphatic rings. The van der Waals surface area contributed by atoms with Gasteiger partial charge in [0.05, 0.1) is 0 Å². The number of anilines is 1. The highest BCUT2D eigenvalue weighted by Gasteiger charge is 2.25. The molecular weight excluding hydrogens is 300 g/mol. The summed E-state index contributed by atoms with van der Waals surface area (Å²) < 4.78 is 5.50. The van der Waals surface area contributed by atoms with Crippen LogP contribution in [0.1, 0.15) is 65.4 Å². The molecule has 1 aliphatic heterocycles. The minimum absolute atomic E-state index is 0.189. The third-order valence-electron chi connectivity index (χ3n) is 4.32. The molecule has 1 N–H and O–H groups in total. The second-order valence-electron chi connectivity index (χ2n) is 7.98. The van der Waals surface area contributed by atoms with E-state index in [-0.39, 0.29) is 6.09 Å². The number of amides is 1. The number of carbonyl (C=O) groups excluding carboxylic acids is 1. The van der Waals surface area contributed by atoms with Gasteiger partial charge in [-0.15, -0.1) is 0 Å². The predicted molar refractivity (Wildman–Crippen MR) is 99.6 cm³/mol. The lowest BCUT2D eigenvalue weighted by Crippen LogP contribution is -2.37. The van der Waals surface area contributed by atoms with Gasteiger partial charge in [0.15, 0.2) is 0 Å². The molecule has 1 heterocycles. The van der Waals surface area contributed by atoms with Crippen molar-refractivity contribution < 1.29 is 9.53 Å². The van der Waals surface area contributed by atoms with E-state index in [0.29, 0.717) is 12.0 Å². The third kappa shape index (κ3) is 5.43. The first-order chi connectivity index (χ1) is 11.3. The Kier molecular flexibility index (Phi) is 6.14. The smallest absolute Gasteiger partial charge is 0.410 e. The minimum atomic E-state index is -0.433. The van der Waals surface area contributed by atoms with Crippen LogP contribution in [-0.4, -0.2) is 35.7 Å². The first-order valence-corrected chi connectivity index (χ1v) is 9.09. The molecule has 1 fully saturated rings. The Morgan fingerprint density at radius 2 is 1.92 bits per heavy atom. The number of para-hydroxylation sites is 1. The molecule has 0 saturated carbocycles. The molecular formula is C20H32N2O2. The number of hydrogen-bond donors (Lipinski definition) is 1. The second-order valence-corrected chi connectivity index (χ2v) is 7.98. The maximum Gasteiger partial charge on any atom is 0.410 e. The molecule has 1 saturated heterocycles. The molecule has 1 atom stereocenters. The van der Waals surface area contributed by atoms with Crippen LogP contribution in [0.4, 0.5) is 10.5 Å². The monoisotopic (exact) mass is 332 g/mol. The van der Waals surface area contributed by atoms with E-state index in [0.717, 1.165) is 32.4 Å². The number of benzene rings is 1. The fourth-order valence-corrected chi connectivity index (χ4v) is 3.10. The molecule has 2 rings (SSSR count). The van der Waals surface area contributed by atoms with E-state index in [1.54, 1.807) is 0 Å². The fraction of sp³-hybridized carbons (Fsp3) is 0.650. The van der Waals surface area contributed by atoms with Crippen LogP contribution in [-0.2, 0) is 4.74 Å². The lowest BCUT2D eigenvalue weighted by molar-refractivity contribution is 0.0256. The van der Waals surface area contributed by atoms with Crippen molar-refractivity contribution in [1.82, 2.24) is 4.90 Å². The summed E-state index contributed by atoms with van der Waals surface area (Å²) in [4.78, 5) is 14.1. The van der Waals surface area contributed by atoms with Gasteiger partial charge in [0.2, 0.25) is 0 Å².